The van der Waals surface area contributed by atoms with Gasteiger partial charge in [-0.05, 0) is 43.1 Å². The number of hydrogen-bond donors (Lipinski definition) is 2. The van der Waals surface area contributed by atoms with Gasteiger partial charge in [0.2, 0.25) is 0 Å². The first-order chi connectivity index (χ1) is 13.2. The maximum absolute atomic E-state index is 4.32. The third-order valence-electron chi connectivity index (χ3n) is 5.14. The molecule has 2 N–H and O–H groups in total. The molecule has 2 aromatic rings. The van der Waals surface area contributed by atoms with Crippen LogP contribution in [0.25, 0.3) is 0 Å². The number of nitrogens with zero attached hydrogens (tertiary/aromatic N) is 4. The molecule has 0 unspecified atom stereocenters. The SMILES string of the molecule is CN=C(NCc1cccc(CN2CCCCCC2)c1)NCc1ccnn1C.I. The molecule has 0 aliphatic carbocycles. The summed E-state index contributed by atoms with van der Waals surface area (Å²) < 4.78 is 1.87. The second-order valence-electron chi connectivity index (χ2n) is 7.24. The smallest absolute Gasteiger partial charge is 0.191 e. The Kier molecular flexibility index (Phi) is 9.77. The number of guanidine groups is 1. The van der Waals surface area contributed by atoms with Gasteiger partial charge in [-0.3, -0.25) is 14.6 Å². The number of aromatic nitrogens is 2. The van der Waals surface area contributed by atoms with E-state index in [9.17, 15) is 0 Å². The normalized spacial score (nSPS) is 15.6. The van der Waals surface area contributed by atoms with Gasteiger partial charge in [-0.25, -0.2) is 0 Å². The fourth-order valence-electron chi connectivity index (χ4n) is 3.55. The minimum Gasteiger partial charge on any atom is -0.352 e. The molecule has 1 aliphatic heterocycles. The lowest BCUT2D eigenvalue weighted by atomic mass is 10.1. The molecule has 7 heteroatoms. The van der Waals surface area contributed by atoms with E-state index >= 15 is 0 Å². The Morgan fingerprint density at radius 3 is 2.43 bits per heavy atom. The predicted octanol–water partition coefficient (Wildman–Crippen LogP) is 3.28. The van der Waals surface area contributed by atoms with Crippen molar-refractivity contribution in [2.45, 2.75) is 45.3 Å². The van der Waals surface area contributed by atoms with E-state index in [1.54, 1.807) is 7.05 Å². The van der Waals surface area contributed by atoms with Crippen molar-refractivity contribution >= 4 is 29.9 Å². The fraction of sp³-hybridized carbons (Fsp3) is 0.524. The molecule has 0 spiro atoms. The van der Waals surface area contributed by atoms with Crippen LogP contribution in [0.2, 0.25) is 0 Å². The van der Waals surface area contributed by atoms with Crippen LogP contribution in [-0.4, -0.2) is 40.8 Å². The van der Waals surface area contributed by atoms with Gasteiger partial charge in [0.15, 0.2) is 5.96 Å². The van der Waals surface area contributed by atoms with Gasteiger partial charge in [-0.15, -0.1) is 24.0 Å². The van der Waals surface area contributed by atoms with E-state index in [0.717, 1.165) is 24.7 Å². The van der Waals surface area contributed by atoms with Crippen LogP contribution in [0.15, 0.2) is 41.5 Å². The van der Waals surface area contributed by atoms with E-state index in [4.69, 9.17) is 0 Å². The number of benzene rings is 1. The molecule has 28 heavy (non-hydrogen) atoms. The molecule has 1 aliphatic rings. The van der Waals surface area contributed by atoms with Crippen molar-refractivity contribution in [1.82, 2.24) is 25.3 Å². The predicted molar refractivity (Wildman–Crippen MR) is 126 cm³/mol. The van der Waals surface area contributed by atoms with Crippen LogP contribution < -0.4 is 10.6 Å². The molecule has 154 valence electrons. The van der Waals surface area contributed by atoms with E-state index in [2.05, 4.69) is 49.9 Å². The molecule has 1 saturated heterocycles. The van der Waals surface area contributed by atoms with Crippen molar-refractivity contribution < 1.29 is 0 Å². The number of likely N-dealkylation sites (tertiary alicyclic amines) is 1. The molecule has 0 amide bonds. The summed E-state index contributed by atoms with van der Waals surface area (Å²) in [6.07, 6.45) is 7.24. The molecular formula is C21H33IN6. The second-order valence-corrected chi connectivity index (χ2v) is 7.24. The number of nitrogens with one attached hydrogen (secondary N) is 2. The minimum atomic E-state index is 0. The molecule has 1 fully saturated rings. The molecule has 0 atom stereocenters. The zero-order valence-corrected chi connectivity index (χ0v) is 19.4. The quantitative estimate of drug-likeness (QED) is 0.366. The number of aliphatic imine (C=N–C) groups is 1. The lowest BCUT2D eigenvalue weighted by Gasteiger charge is -2.20. The van der Waals surface area contributed by atoms with Crippen molar-refractivity contribution in [2.75, 3.05) is 20.1 Å². The second kappa shape index (κ2) is 12.1. The Bertz CT molecular complexity index is 734. The third kappa shape index (κ3) is 7.09. The molecule has 6 nitrogen and oxygen atoms in total. The van der Waals surface area contributed by atoms with Crippen LogP contribution in [0.4, 0.5) is 0 Å². The molecule has 2 heterocycles. The molecule has 1 aromatic heterocycles. The maximum atomic E-state index is 4.32. The summed E-state index contributed by atoms with van der Waals surface area (Å²) in [6.45, 7) is 4.98. The highest BCUT2D eigenvalue weighted by molar-refractivity contribution is 14.0. The maximum Gasteiger partial charge on any atom is 0.191 e. The van der Waals surface area contributed by atoms with Crippen LogP contribution in [0.5, 0.6) is 0 Å². The highest BCUT2D eigenvalue weighted by atomic mass is 127. The Balaban J connectivity index is 0.00000280. The van der Waals surface area contributed by atoms with Crippen molar-refractivity contribution in [1.29, 1.82) is 0 Å². The summed E-state index contributed by atoms with van der Waals surface area (Å²) >= 11 is 0. The first kappa shape index (κ1) is 22.7. The highest BCUT2D eigenvalue weighted by Crippen LogP contribution is 2.14. The van der Waals surface area contributed by atoms with E-state index < -0.39 is 0 Å². The largest absolute Gasteiger partial charge is 0.352 e. The highest BCUT2D eigenvalue weighted by Gasteiger charge is 2.09. The van der Waals surface area contributed by atoms with Crippen molar-refractivity contribution in [3.63, 3.8) is 0 Å². The van der Waals surface area contributed by atoms with Crippen LogP contribution in [0.3, 0.4) is 0 Å². The van der Waals surface area contributed by atoms with Gasteiger partial charge < -0.3 is 10.6 Å². The molecule has 0 radical (unpaired) electrons. The van der Waals surface area contributed by atoms with Crippen LogP contribution in [-0.2, 0) is 26.7 Å². The lowest BCUT2D eigenvalue weighted by Crippen LogP contribution is -2.36. The van der Waals surface area contributed by atoms with Crippen molar-refractivity contribution in [3.8, 4) is 0 Å². The first-order valence-electron chi connectivity index (χ1n) is 9.96. The van der Waals surface area contributed by atoms with Crippen molar-refractivity contribution in [3.05, 3.63) is 53.3 Å². The van der Waals surface area contributed by atoms with E-state index in [1.165, 1.54) is 49.9 Å². The van der Waals surface area contributed by atoms with Gasteiger partial charge in [-0.2, -0.15) is 5.10 Å². The van der Waals surface area contributed by atoms with Gasteiger partial charge in [0.1, 0.15) is 0 Å². The number of rotatable bonds is 6. The number of hydrogen-bond acceptors (Lipinski definition) is 3. The molecule has 1 aromatic carbocycles. The number of halogens is 1. The molecular weight excluding hydrogens is 463 g/mol. The molecule has 0 bridgehead atoms. The van der Waals surface area contributed by atoms with Gasteiger partial charge in [0.25, 0.3) is 0 Å². The summed E-state index contributed by atoms with van der Waals surface area (Å²) in [4.78, 5) is 6.91. The Morgan fingerprint density at radius 1 is 1.04 bits per heavy atom. The average molecular weight is 496 g/mol. The van der Waals surface area contributed by atoms with Gasteiger partial charge in [-0.1, -0.05) is 37.1 Å². The topological polar surface area (TPSA) is 57.5 Å². The van der Waals surface area contributed by atoms with Gasteiger partial charge in [0.05, 0.1) is 12.2 Å². The van der Waals surface area contributed by atoms with E-state index in [-0.39, 0.29) is 24.0 Å². The fourth-order valence-corrected chi connectivity index (χ4v) is 3.55. The summed E-state index contributed by atoms with van der Waals surface area (Å²) in [5.74, 6) is 0.800. The monoisotopic (exact) mass is 496 g/mol. The summed E-state index contributed by atoms with van der Waals surface area (Å²) in [6, 6.07) is 10.9. The Morgan fingerprint density at radius 2 is 1.75 bits per heavy atom. The standard InChI is InChI=1S/C21H32N6.HI/c1-22-21(24-16-20-10-11-25-26(20)2)23-15-18-8-7-9-19(14-18)17-27-12-5-3-4-6-13-27;/h7-11,14H,3-6,12-13,15-17H2,1-2H3,(H2,22,23,24);1H. The van der Waals surface area contributed by atoms with E-state index in [0.29, 0.717) is 6.54 Å². The van der Waals surface area contributed by atoms with Crippen LogP contribution in [0, 0.1) is 0 Å². The Hall–Kier alpha value is -1.61. The zero-order chi connectivity index (χ0) is 18.9. The lowest BCUT2D eigenvalue weighted by molar-refractivity contribution is 0.277. The first-order valence-corrected chi connectivity index (χ1v) is 9.96. The zero-order valence-electron chi connectivity index (χ0n) is 17.0. The van der Waals surface area contributed by atoms with Crippen LogP contribution in [0.1, 0.15) is 42.5 Å². The summed E-state index contributed by atoms with van der Waals surface area (Å²) in [5.41, 5.74) is 3.80. The average Bonchev–Trinajstić information content (AvgIpc) is 2.92. The third-order valence-corrected chi connectivity index (χ3v) is 5.14. The van der Waals surface area contributed by atoms with Crippen molar-refractivity contribution in [2.24, 2.45) is 12.0 Å². The van der Waals surface area contributed by atoms with Crippen LogP contribution >= 0.6 is 24.0 Å². The number of aryl methyl sites for hydroxylation is 1. The molecule has 3 rings (SSSR count). The molecule has 0 saturated carbocycles. The van der Waals surface area contributed by atoms with E-state index in [1.807, 2.05) is 24.0 Å². The Labute approximate surface area is 185 Å². The van der Waals surface area contributed by atoms with Gasteiger partial charge in [0, 0.05) is 33.4 Å². The van der Waals surface area contributed by atoms with Gasteiger partial charge >= 0.3 is 0 Å². The minimum absolute atomic E-state index is 0. The summed E-state index contributed by atoms with van der Waals surface area (Å²) in [5, 5.41) is 10.9. The summed E-state index contributed by atoms with van der Waals surface area (Å²) in [7, 11) is 3.75.